The number of H-pyrrole nitrogens is 1. The zero-order valence-electron chi connectivity index (χ0n) is 26.9. The fourth-order valence-corrected chi connectivity index (χ4v) is 7.05. The van der Waals surface area contributed by atoms with Crippen molar-refractivity contribution in [2.24, 2.45) is 17.8 Å². The van der Waals surface area contributed by atoms with Crippen LogP contribution in [0.15, 0.2) is 73.1 Å². The maximum atomic E-state index is 13.9. The number of likely N-dealkylation sites (tertiary alicyclic amines) is 1. The third-order valence-corrected chi connectivity index (χ3v) is 9.81. The van der Waals surface area contributed by atoms with Crippen LogP contribution in [-0.4, -0.2) is 71.5 Å². The van der Waals surface area contributed by atoms with Crippen molar-refractivity contribution in [3.05, 3.63) is 90.1 Å². The fourth-order valence-electron chi connectivity index (χ4n) is 7.05. The molecule has 242 valence electrons. The predicted molar refractivity (Wildman–Crippen MR) is 179 cm³/mol. The Kier molecular flexibility index (Phi) is 11.8. The molecule has 0 bridgehead atoms. The number of rotatable bonds is 14. The van der Waals surface area contributed by atoms with E-state index in [2.05, 4.69) is 81.0 Å². The minimum absolute atomic E-state index is 0.0148. The maximum Gasteiger partial charge on any atom is 0.252 e. The molecule has 2 aliphatic carbocycles. The summed E-state index contributed by atoms with van der Waals surface area (Å²) >= 11 is 0. The van der Waals surface area contributed by atoms with Crippen molar-refractivity contribution in [3.63, 3.8) is 0 Å². The molecule has 9 nitrogen and oxygen atoms in total. The minimum atomic E-state index is -0.810. The Labute approximate surface area is 268 Å². The van der Waals surface area contributed by atoms with E-state index in [0.717, 1.165) is 56.7 Å². The molecule has 5 rings (SSSR count). The van der Waals surface area contributed by atoms with Crippen molar-refractivity contribution >= 4 is 11.8 Å². The summed E-state index contributed by atoms with van der Waals surface area (Å²) in [6.07, 6.45) is 18.7. The van der Waals surface area contributed by atoms with Gasteiger partial charge in [0.25, 0.3) is 5.91 Å². The summed E-state index contributed by atoms with van der Waals surface area (Å²) in [4.78, 5) is 37.0. The first-order chi connectivity index (χ1) is 21.9. The zero-order chi connectivity index (χ0) is 31.6. The number of nitrogens with zero attached hydrogens (tertiary/aromatic N) is 2. The molecular weight excluding hydrogens is 562 g/mol. The lowest BCUT2D eigenvalue weighted by molar-refractivity contribution is -0.123. The molecule has 1 aromatic heterocycles. The van der Waals surface area contributed by atoms with E-state index in [9.17, 15) is 9.59 Å². The van der Waals surface area contributed by atoms with Gasteiger partial charge < -0.3 is 31.2 Å². The van der Waals surface area contributed by atoms with Gasteiger partial charge in [-0.15, -0.1) is 0 Å². The molecule has 5 N–H and O–H groups in total. The van der Waals surface area contributed by atoms with E-state index in [1.54, 1.807) is 12.4 Å². The molecule has 1 aliphatic heterocycles. The standard InChI is InChI=1S/C36H51N7O2/c1-25(15-18-38-30-16-21-43(3)22-17-30)34(36(45)41-26(2)31-10-6-8-28-7-4-5-9-32(28)31)42-35(44)29-13-11-27(12-14-29)23-37-24-33-39-19-20-40-33/h4-5,7,9,11-14,19-20,26,28,30-32,34,37-38H,1,6,8,10,15-18,21-24H2,2-3H3,(H,39,40)(H,41,45)(H,42,44)/t26-,28?,31?,32?,34-/m0/s1. The lowest BCUT2D eigenvalue weighted by Crippen LogP contribution is -2.53. The molecule has 2 fully saturated rings. The van der Waals surface area contributed by atoms with Crippen molar-refractivity contribution in [2.75, 3.05) is 26.7 Å². The number of imidazole rings is 1. The third-order valence-electron chi connectivity index (χ3n) is 9.81. The van der Waals surface area contributed by atoms with Crippen molar-refractivity contribution in [3.8, 4) is 0 Å². The molecule has 45 heavy (non-hydrogen) atoms. The van der Waals surface area contributed by atoms with Crippen LogP contribution in [-0.2, 0) is 17.9 Å². The molecule has 0 spiro atoms. The van der Waals surface area contributed by atoms with E-state index in [1.807, 2.05) is 24.3 Å². The maximum absolute atomic E-state index is 13.9. The van der Waals surface area contributed by atoms with E-state index in [1.165, 1.54) is 6.42 Å². The van der Waals surface area contributed by atoms with Gasteiger partial charge in [-0.2, -0.15) is 0 Å². The van der Waals surface area contributed by atoms with Gasteiger partial charge in [-0.3, -0.25) is 9.59 Å². The van der Waals surface area contributed by atoms with Crippen molar-refractivity contribution < 1.29 is 9.59 Å². The number of nitrogens with one attached hydrogen (secondary N) is 5. The number of aromatic nitrogens is 2. The van der Waals surface area contributed by atoms with Crippen LogP contribution in [0.25, 0.3) is 0 Å². The van der Waals surface area contributed by atoms with Gasteiger partial charge in [0.15, 0.2) is 0 Å². The lowest BCUT2D eigenvalue weighted by atomic mass is 9.68. The van der Waals surface area contributed by atoms with Gasteiger partial charge in [-0.05, 0) is 107 Å². The van der Waals surface area contributed by atoms with E-state index in [-0.39, 0.29) is 17.9 Å². The van der Waals surface area contributed by atoms with Crippen LogP contribution in [0, 0.1) is 17.8 Å². The van der Waals surface area contributed by atoms with Crippen LogP contribution in [0.3, 0.4) is 0 Å². The summed E-state index contributed by atoms with van der Waals surface area (Å²) in [5.74, 6) is 1.74. The minimum Gasteiger partial charge on any atom is -0.351 e. The first kappa shape index (κ1) is 32.9. The number of amides is 2. The highest BCUT2D eigenvalue weighted by molar-refractivity contribution is 5.98. The quantitative estimate of drug-likeness (QED) is 0.205. The summed E-state index contributed by atoms with van der Waals surface area (Å²) < 4.78 is 0. The van der Waals surface area contributed by atoms with E-state index < -0.39 is 6.04 Å². The van der Waals surface area contributed by atoms with Crippen LogP contribution in [0.4, 0.5) is 0 Å². The topological polar surface area (TPSA) is 114 Å². The van der Waals surface area contributed by atoms with E-state index >= 15 is 0 Å². The summed E-state index contributed by atoms with van der Waals surface area (Å²) in [6.45, 7) is 10.6. The SMILES string of the molecule is C=C(CCNC1CCN(C)CC1)[C@H](NC(=O)c1ccc(CNCc2ncc[nH]2)cc1)C(=O)N[C@@H](C)C1CCCC2C=CC=CC21. The Morgan fingerprint density at radius 3 is 2.58 bits per heavy atom. The number of fused-ring (bicyclic) bond motifs is 1. The van der Waals surface area contributed by atoms with Crippen LogP contribution in [0.1, 0.15) is 67.2 Å². The Balaban J connectivity index is 1.20. The van der Waals surface area contributed by atoms with Gasteiger partial charge in [0.05, 0.1) is 6.54 Å². The van der Waals surface area contributed by atoms with E-state index in [0.29, 0.717) is 54.4 Å². The average molecular weight is 614 g/mol. The van der Waals surface area contributed by atoms with Crippen molar-refractivity contribution in [2.45, 2.75) is 76.7 Å². The molecule has 2 aromatic rings. The lowest BCUT2D eigenvalue weighted by Gasteiger charge is -2.40. The van der Waals surface area contributed by atoms with Gasteiger partial charge in [-0.25, -0.2) is 4.98 Å². The number of carbonyl (C=O) groups excluding carboxylic acids is 2. The Morgan fingerprint density at radius 2 is 1.82 bits per heavy atom. The summed E-state index contributed by atoms with van der Waals surface area (Å²) in [5.41, 5.74) is 2.29. The van der Waals surface area contributed by atoms with Crippen LogP contribution >= 0.6 is 0 Å². The molecule has 3 unspecified atom stereocenters. The zero-order valence-corrected chi connectivity index (χ0v) is 26.9. The molecule has 9 heteroatoms. The highest BCUT2D eigenvalue weighted by atomic mass is 16.2. The van der Waals surface area contributed by atoms with Gasteiger partial charge >= 0.3 is 0 Å². The number of benzene rings is 1. The monoisotopic (exact) mass is 613 g/mol. The van der Waals surface area contributed by atoms with Gasteiger partial charge in [0, 0.05) is 36.6 Å². The molecule has 1 saturated carbocycles. The number of aromatic amines is 1. The smallest absolute Gasteiger partial charge is 0.252 e. The second-order valence-electron chi connectivity index (χ2n) is 13.1. The van der Waals surface area contributed by atoms with Crippen molar-refractivity contribution in [1.82, 2.24) is 36.1 Å². The molecule has 3 aliphatic rings. The summed E-state index contributed by atoms with van der Waals surface area (Å²) in [7, 11) is 2.16. The number of piperidine rings is 1. The molecule has 1 aromatic carbocycles. The first-order valence-electron chi connectivity index (χ1n) is 16.7. The highest BCUT2D eigenvalue weighted by Crippen LogP contribution is 2.40. The first-order valence-corrected chi connectivity index (χ1v) is 16.7. The molecule has 2 amide bonds. The summed E-state index contributed by atoms with van der Waals surface area (Å²) in [6, 6.07) is 7.15. The van der Waals surface area contributed by atoms with Crippen LogP contribution in [0.2, 0.25) is 0 Å². The van der Waals surface area contributed by atoms with Crippen molar-refractivity contribution in [1.29, 1.82) is 0 Å². The second-order valence-corrected chi connectivity index (χ2v) is 13.1. The molecular formula is C36H51N7O2. The Morgan fingerprint density at radius 1 is 1.04 bits per heavy atom. The van der Waals surface area contributed by atoms with Gasteiger partial charge in [0.2, 0.25) is 5.91 Å². The largest absolute Gasteiger partial charge is 0.351 e. The highest BCUT2D eigenvalue weighted by Gasteiger charge is 2.36. The number of carbonyl (C=O) groups is 2. The molecule has 2 heterocycles. The molecule has 5 atom stereocenters. The predicted octanol–water partition coefficient (Wildman–Crippen LogP) is 4.09. The molecule has 0 radical (unpaired) electrons. The van der Waals surface area contributed by atoms with Gasteiger partial charge in [0.1, 0.15) is 11.9 Å². The van der Waals surface area contributed by atoms with Gasteiger partial charge in [-0.1, -0.05) is 49.4 Å². The van der Waals surface area contributed by atoms with Crippen LogP contribution < -0.4 is 21.3 Å². The molecule has 1 saturated heterocycles. The number of allylic oxidation sites excluding steroid dienone is 4. The Bertz CT molecular complexity index is 1310. The normalized spacial score (nSPS) is 23.2. The number of hydrogen-bond acceptors (Lipinski definition) is 6. The third kappa shape index (κ3) is 9.25. The van der Waals surface area contributed by atoms with Crippen LogP contribution in [0.5, 0.6) is 0 Å². The summed E-state index contributed by atoms with van der Waals surface area (Å²) in [5, 5.41) is 13.3. The average Bonchev–Trinajstić information content (AvgIpc) is 3.58. The Hall–Kier alpha value is -3.53. The fraction of sp³-hybridized carbons (Fsp3) is 0.528. The van der Waals surface area contributed by atoms with E-state index in [4.69, 9.17) is 0 Å². The number of hydrogen-bond donors (Lipinski definition) is 5. The second kappa shape index (κ2) is 16.2.